The summed E-state index contributed by atoms with van der Waals surface area (Å²) in [6, 6.07) is 24.6. The Kier molecular flexibility index (Phi) is 7.33. The minimum atomic E-state index is -0.696. The van der Waals surface area contributed by atoms with Crippen LogP contribution in [-0.4, -0.2) is 23.5 Å². The molecule has 7 nitrogen and oxygen atoms in total. The maximum Gasteiger partial charge on any atom is 0.308 e. The highest BCUT2D eigenvalue weighted by molar-refractivity contribution is 6.06. The molecule has 212 valence electrons. The fraction of sp³-hybridized carbons (Fsp3) is 0.257. The molecule has 0 bridgehead atoms. The van der Waals surface area contributed by atoms with Crippen molar-refractivity contribution in [2.75, 3.05) is 0 Å². The van der Waals surface area contributed by atoms with Gasteiger partial charge in [0.15, 0.2) is 23.1 Å². The van der Waals surface area contributed by atoms with Gasteiger partial charge in [-0.1, -0.05) is 66.7 Å². The molecule has 0 amide bonds. The summed E-state index contributed by atoms with van der Waals surface area (Å²) in [6.07, 6.45) is 1.61. The van der Waals surface area contributed by atoms with Crippen molar-refractivity contribution in [2.24, 2.45) is 0 Å². The number of ether oxygens (including phenoxy) is 3. The number of hydrogen-bond donors (Lipinski definition) is 0. The number of allylic oxidation sites excluding steroid dienone is 4. The average Bonchev–Trinajstić information content (AvgIpc) is 2.97. The van der Waals surface area contributed by atoms with Gasteiger partial charge in [0.25, 0.3) is 0 Å². The normalized spacial score (nSPS) is 21.7. The first-order valence-corrected chi connectivity index (χ1v) is 14.1. The Morgan fingerprint density at radius 2 is 1.10 bits per heavy atom. The summed E-state index contributed by atoms with van der Waals surface area (Å²) in [5.74, 6) is -0.857. The summed E-state index contributed by atoms with van der Waals surface area (Å²) < 4.78 is 17.2. The minimum absolute atomic E-state index is 0.0434. The third kappa shape index (κ3) is 5.30. The monoisotopic (exact) mass is 562 g/mol. The van der Waals surface area contributed by atoms with E-state index in [9.17, 15) is 19.2 Å². The third-order valence-electron chi connectivity index (χ3n) is 8.10. The molecule has 0 fully saturated rings. The van der Waals surface area contributed by atoms with E-state index < -0.39 is 17.9 Å². The zero-order chi connectivity index (χ0) is 29.4. The Morgan fingerprint density at radius 3 is 1.57 bits per heavy atom. The highest BCUT2D eigenvalue weighted by Crippen LogP contribution is 2.52. The smallest absolute Gasteiger partial charge is 0.308 e. The molecular formula is C35H30O7. The quantitative estimate of drug-likeness (QED) is 0.260. The van der Waals surface area contributed by atoms with Crippen molar-refractivity contribution in [1.82, 2.24) is 0 Å². The molecule has 1 heterocycles. The van der Waals surface area contributed by atoms with Crippen LogP contribution in [0.2, 0.25) is 0 Å². The maximum absolute atomic E-state index is 13.9. The second-order valence-electron chi connectivity index (χ2n) is 11.0. The molecule has 0 aromatic heterocycles. The second-order valence-corrected chi connectivity index (χ2v) is 11.0. The molecule has 3 aromatic rings. The molecule has 2 unspecified atom stereocenters. The molecule has 0 spiro atoms. The maximum atomic E-state index is 13.9. The Hall–Kier alpha value is -4.78. The van der Waals surface area contributed by atoms with Crippen LogP contribution in [0.3, 0.4) is 0 Å². The first kappa shape index (κ1) is 27.4. The van der Waals surface area contributed by atoms with Crippen LogP contribution in [-0.2, 0) is 23.9 Å². The number of carbonyl (C=O) groups is 4. The van der Waals surface area contributed by atoms with Crippen molar-refractivity contribution in [2.45, 2.75) is 57.3 Å². The summed E-state index contributed by atoms with van der Waals surface area (Å²) in [7, 11) is 0. The van der Waals surface area contributed by atoms with E-state index in [-0.39, 0.29) is 47.7 Å². The topological polar surface area (TPSA) is 96.0 Å². The van der Waals surface area contributed by atoms with Gasteiger partial charge >= 0.3 is 11.9 Å². The van der Waals surface area contributed by atoms with E-state index in [4.69, 9.17) is 14.2 Å². The van der Waals surface area contributed by atoms with Crippen LogP contribution in [0.25, 0.3) is 0 Å². The molecule has 0 saturated carbocycles. The lowest BCUT2D eigenvalue weighted by molar-refractivity contribution is -0.134. The SMILES string of the molecule is CC(=O)Oc1ccc(C2C3=C(CC(c4ccccc4)CC3=O)OC3=C2C(=O)CC(c2ccccc2)C3)cc1OC(C)=O. The fourth-order valence-electron chi connectivity index (χ4n) is 6.35. The first-order chi connectivity index (χ1) is 20.3. The lowest BCUT2D eigenvalue weighted by Gasteiger charge is -2.39. The van der Waals surface area contributed by atoms with Crippen LogP contribution in [0.5, 0.6) is 11.5 Å². The van der Waals surface area contributed by atoms with Crippen LogP contribution in [0.1, 0.15) is 74.0 Å². The van der Waals surface area contributed by atoms with Crippen LogP contribution in [0, 0.1) is 0 Å². The first-order valence-electron chi connectivity index (χ1n) is 14.1. The molecule has 42 heavy (non-hydrogen) atoms. The van der Waals surface area contributed by atoms with Crippen molar-refractivity contribution in [3.63, 3.8) is 0 Å². The highest BCUT2D eigenvalue weighted by Gasteiger charge is 2.45. The molecule has 6 rings (SSSR count). The molecule has 2 atom stereocenters. The van der Waals surface area contributed by atoms with Gasteiger partial charge in [0.1, 0.15) is 11.5 Å². The average molecular weight is 563 g/mol. The second kappa shape index (κ2) is 11.2. The van der Waals surface area contributed by atoms with Crippen molar-refractivity contribution in [1.29, 1.82) is 0 Å². The van der Waals surface area contributed by atoms with Gasteiger partial charge in [0.05, 0.1) is 0 Å². The highest BCUT2D eigenvalue weighted by atomic mass is 16.6. The van der Waals surface area contributed by atoms with Gasteiger partial charge in [-0.25, -0.2) is 0 Å². The summed E-state index contributed by atoms with van der Waals surface area (Å²) in [5.41, 5.74) is 3.62. The fourth-order valence-corrected chi connectivity index (χ4v) is 6.35. The van der Waals surface area contributed by atoms with Crippen molar-refractivity contribution >= 4 is 23.5 Å². The summed E-state index contributed by atoms with van der Waals surface area (Å²) in [6.45, 7) is 2.51. The molecular weight excluding hydrogens is 532 g/mol. The summed E-state index contributed by atoms with van der Waals surface area (Å²) in [5, 5.41) is 0. The van der Waals surface area contributed by atoms with Crippen LogP contribution < -0.4 is 9.47 Å². The number of benzene rings is 3. The van der Waals surface area contributed by atoms with Gasteiger partial charge < -0.3 is 14.2 Å². The van der Waals surface area contributed by atoms with Crippen molar-refractivity contribution in [3.05, 3.63) is 118 Å². The molecule has 0 N–H and O–H groups in total. The molecule has 3 aliphatic rings. The summed E-state index contributed by atoms with van der Waals surface area (Å²) in [4.78, 5) is 51.5. The van der Waals surface area contributed by atoms with Gasteiger partial charge in [-0.05, 0) is 40.7 Å². The van der Waals surface area contributed by atoms with E-state index in [1.165, 1.54) is 19.9 Å². The Balaban J connectivity index is 1.47. The van der Waals surface area contributed by atoms with E-state index in [2.05, 4.69) is 0 Å². The van der Waals surface area contributed by atoms with Gasteiger partial charge in [-0.15, -0.1) is 0 Å². The van der Waals surface area contributed by atoms with E-state index in [0.717, 1.165) is 11.1 Å². The Bertz CT molecular complexity index is 1570. The predicted molar refractivity (Wildman–Crippen MR) is 154 cm³/mol. The lowest BCUT2D eigenvalue weighted by atomic mass is 9.69. The van der Waals surface area contributed by atoms with Crippen molar-refractivity contribution < 1.29 is 33.4 Å². The number of Topliss-reactive ketones (excluding diaryl/α,β-unsaturated/α-hetero) is 2. The third-order valence-corrected chi connectivity index (χ3v) is 8.10. The molecule has 2 aliphatic carbocycles. The van der Waals surface area contributed by atoms with Crippen LogP contribution in [0.15, 0.2) is 102 Å². The van der Waals surface area contributed by atoms with Crippen molar-refractivity contribution in [3.8, 4) is 11.5 Å². The van der Waals surface area contributed by atoms with E-state index >= 15 is 0 Å². The van der Waals surface area contributed by atoms with E-state index in [1.807, 2.05) is 60.7 Å². The zero-order valence-electron chi connectivity index (χ0n) is 23.4. The molecule has 0 saturated heterocycles. The Labute approximate surface area is 243 Å². The molecule has 0 radical (unpaired) electrons. The van der Waals surface area contributed by atoms with Gasteiger partial charge in [0.2, 0.25) is 0 Å². The van der Waals surface area contributed by atoms with Crippen LogP contribution >= 0.6 is 0 Å². The lowest BCUT2D eigenvalue weighted by Crippen LogP contribution is -2.33. The standard InChI is InChI=1S/C35H30O7/c1-20(36)40-29-14-13-24(17-30(29)41-21(2)37)33-34-27(38)15-25(22-9-5-3-6-10-22)18-31(34)42-32-19-26(16-28(39)35(32)33)23-11-7-4-8-12-23/h3-14,17,25-26,33H,15-16,18-19H2,1-2H3. The zero-order valence-corrected chi connectivity index (χ0v) is 23.4. The van der Waals surface area contributed by atoms with Gasteiger partial charge in [0, 0.05) is 56.6 Å². The van der Waals surface area contributed by atoms with Crippen LogP contribution in [0.4, 0.5) is 0 Å². The molecule has 7 heteroatoms. The predicted octanol–water partition coefficient (Wildman–Crippen LogP) is 6.45. The van der Waals surface area contributed by atoms with Gasteiger partial charge in [-0.3, -0.25) is 19.2 Å². The van der Waals surface area contributed by atoms with E-state index in [1.54, 1.807) is 12.1 Å². The molecule has 1 aliphatic heterocycles. The molecule has 3 aromatic carbocycles. The number of hydrogen-bond acceptors (Lipinski definition) is 7. The summed E-state index contributed by atoms with van der Waals surface area (Å²) >= 11 is 0. The largest absolute Gasteiger partial charge is 0.465 e. The number of carbonyl (C=O) groups excluding carboxylic acids is 4. The van der Waals surface area contributed by atoms with Gasteiger partial charge in [-0.2, -0.15) is 0 Å². The number of rotatable bonds is 5. The number of ketones is 2. The Morgan fingerprint density at radius 1 is 0.619 bits per heavy atom. The minimum Gasteiger partial charge on any atom is -0.465 e. The number of esters is 2. The van der Waals surface area contributed by atoms with E-state index in [0.29, 0.717) is 41.1 Å².